The van der Waals surface area contributed by atoms with E-state index in [2.05, 4.69) is 68.8 Å². The van der Waals surface area contributed by atoms with Crippen molar-refractivity contribution in [1.82, 2.24) is 20.1 Å². The molecule has 0 saturated carbocycles. The largest absolute Gasteiger partial charge is 0.370 e. The van der Waals surface area contributed by atoms with E-state index in [1.807, 2.05) is 26.0 Å². The fourth-order valence-electron chi connectivity index (χ4n) is 5.87. The average molecular weight is 621 g/mol. The second-order valence-corrected chi connectivity index (χ2v) is 12.7. The summed E-state index contributed by atoms with van der Waals surface area (Å²) >= 11 is 1.38. The number of piperazine rings is 1. The van der Waals surface area contributed by atoms with E-state index in [0.717, 1.165) is 26.2 Å². The quantitative estimate of drug-likeness (QED) is 0.327. The van der Waals surface area contributed by atoms with Gasteiger partial charge in [-0.2, -0.15) is 5.26 Å². The Kier molecular flexibility index (Phi) is 11.5. The van der Waals surface area contributed by atoms with Crippen molar-refractivity contribution in [3.05, 3.63) is 47.5 Å². The number of hydrogen-bond donors (Lipinski definition) is 3. The van der Waals surface area contributed by atoms with Crippen LogP contribution in [0.2, 0.25) is 0 Å². The SMILES string of the molecule is CCNC(=O)[C@@H](C#N)C1SC(C(C)CNc2cccc(NC(=O)CN3CCN(c4c(C)cccc4C)CC3)n2)C(=O)N1CC. The highest BCUT2D eigenvalue weighted by Gasteiger charge is 2.47. The van der Waals surface area contributed by atoms with Crippen LogP contribution < -0.4 is 20.9 Å². The first-order chi connectivity index (χ1) is 21.2. The van der Waals surface area contributed by atoms with Gasteiger partial charge in [0.25, 0.3) is 0 Å². The van der Waals surface area contributed by atoms with Gasteiger partial charge in [-0.3, -0.25) is 19.3 Å². The molecule has 2 saturated heterocycles. The first-order valence-corrected chi connectivity index (χ1v) is 16.3. The van der Waals surface area contributed by atoms with Crippen LogP contribution in [0.25, 0.3) is 0 Å². The number of aromatic nitrogens is 1. The lowest BCUT2D eigenvalue weighted by molar-refractivity contribution is -0.132. The predicted molar refractivity (Wildman–Crippen MR) is 175 cm³/mol. The molecule has 3 unspecified atom stereocenters. The number of nitriles is 1. The molecule has 1 aromatic carbocycles. The molecule has 0 spiro atoms. The van der Waals surface area contributed by atoms with Crippen molar-refractivity contribution in [3.63, 3.8) is 0 Å². The molecule has 0 aliphatic carbocycles. The number of benzene rings is 1. The number of para-hydroxylation sites is 1. The van der Waals surface area contributed by atoms with Gasteiger partial charge in [0.1, 0.15) is 17.0 Å². The molecule has 3 amide bonds. The smallest absolute Gasteiger partial charge is 0.240 e. The third-order valence-corrected chi connectivity index (χ3v) is 9.92. The van der Waals surface area contributed by atoms with E-state index in [0.29, 0.717) is 37.8 Å². The summed E-state index contributed by atoms with van der Waals surface area (Å²) in [4.78, 5) is 49.3. The summed E-state index contributed by atoms with van der Waals surface area (Å²) in [5.74, 6) is -0.503. The number of rotatable bonds is 12. The number of hydrogen-bond acceptors (Lipinski definition) is 9. The van der Waals surface area contributed by atoms with Gasteiger partial charge in [-0.15, -0.1) is 11.8 Å². The molecule has 236 valence electrons. The molecule has 2 aromatic rings. The van der Waals surface area contributed by atoms with Crippen LogP contribution in [0.3, 0.4) is 0 Å². The zero-order chi connectivity index (χ0) is 31.8. The Balaban J connectivity index is 1.27. The average Bonchev–Trinajstić information content (AvgIpc) is 3.33. The summed E-state index contributed by atoms with van der Waals surface area (Å²) in [6, 6.07) is 13.9. The van der Waals surface area contributed by atoms with Crippen LogP contribution in [0, 0.1) is 37.0 Å². The number of thioether (sulfide) groups is 1. The van der Waals surface area contributed by atoms with Crippen molar-refractivity contribution in [3.8, 4) is 6.07 Å². The number of nitrogens with zero attached hydrogens (tertiary/aromatic N) is 5. The second-order valence-electron chi connectivity index (χ2n) is 11.4. The first kappa shape index (κ1) is 33.1. The molecule has 44 heavy (non-hydrogen) atoms. The second kappa shape index (κ2) is 15.3. The zero-order valence-electron chi connectivity index (χ0n) is 26.3. The van der Waals surface area contributed by atoms with E-state index in [1.165, 1.54) is 28.6 Å². The van der Waals surface area contributed by atoms with Crippen LogP contribution in [0.4, 0.5) is 17.3 Å². The summed E-state index contributed by atoms with van der Waals surface area (Å²) in [6.45, 7) is 14.9. The van der Waals surface area contributed by atoms with E-state index in [1.54, 1.807) is 17.9 Å². The maximum atomic E-state index is 13.2. The summed E-state index contributed by atoms with van der Waals surface area (Å²) in [7, 11) is 0. The van der Waals surface area contributed by atoms with Gasteiger partial charge in [0.15, 0.2) is 5.92 Å². The molecule has 0 radical (unpaired) electrons. The Hall–Kier alpha value is -3.82. The Morgan fingerprint density at radius 1 is 1.07 bits per heavy atom. The lowest BCUT2D eigenvalue weighted by Crippen LogP contribution is -2.49. The van der Waals surface area contributed by atoms with Gasteiger partial charge in [0, 0.05) is 51.5 Å². The van der Waals surface area contributed by atoms with Crippen LogP contribution in [-0.4, -0.2) is 95.5 Å². The van der Waals surface area contributed by atoms with E-state index in [9.17, 15) is 19.6 Å². The molecule has 12 heteroatoms. The molecule has 3 N–H and O–H groups in total. The molecule has 4 rings (SSSR count). The lowest BCUT2D eigenvalue weighted by Gasteiger charge is -2.37. The summed E-state index contributed by atoms with van der Waals surface area (Å²) in [6.07, 6.45) is 0. The minimum atomic E-state index is -0.933. The lowest BCUT2D eigenvalue weighted by atomic mass is 10.1. The normalized spacial score (nSPS) is 20.1. The maximum Gasteiger partial charge on any atom is 0.240 e. The van der Waals surface area contributed by atoms with Crippen molar-refractivity contribution in [2.24, 2.45) is 11.8 Å². The van der Waals surface area contributed by atoms with Crippen LogP contribution >= 0.6 is 11.8 Å². The predicted octanol–water partition coefficient (Wildman–Crippen LogP) is 3.07. The van der Waals surface area contributed by atoms with E-state index < -0.39 is 16.5 Å². The summed E-state index contributed by atoms with van der Waals surface area (Å²) < 4.78 is 0. The fraction of sp³-hybridized carbons (Fsp3) is 0.531. The van der Waals surface area contributed by atoms with Crippen molar-refractivity contribution < 1.29 is 14.4 Å². The number of nitrogens with one attached hydrogen (secondary N) is 3. The highest BCUT2D eigenvalue weighted by molar-refractivity contribution is 8.01. The Morgan fingerprint density at radius 2 is 1.73 bits per heavy atom. The number of aryl methyl sites for hydroxylation is 2. The van der Waals surface area contributed by atoms with Gasteiger partial charge in [0.05, 0.1) is 17.9 Å². The minimum Gasteiger partial charge on any atom is -0.370 e. The fourth-order valence-corrected chi connectivity index (χ4v) is 7.53. The van der Waals surface area contributed by atoms with Crippen molar-refractivity contribution in [2.45, 2.75) is 45.2 Å². The molecule has 11 nitrogen and oxygen atoms in total. The molecule has 2 fully saturated rings. The summed E-state index contributed by atoms with van der Waals surface area (Å²) in [5.41, 5.74) is 3.84. The highest BCUT2D eigenvalue weighted by atomic mass is 32.2. The number of carbonyl (C=O) groups excluding carboxylic acids is 3. The van der Waals surface area contributed by atoms with Gasteiger partial charge >= 0.3 is 0 Å². The molecule has 4 atom stereocenters. The molecule has 3 heterocycles. The van der Waals surface area contributed by atoms with Crippen molar-refractivity contribution in [1.29, 1.82) is 5.26 Å². The topological polar surface area (TPSA) is 134 Å². The molecule has 0 bridgehead atoms. The van der Waals surface area contributed by atoms with Crippen LogP contribution in [0.1, 0.15) is 31.9 Å². The first-order valence-electron chi connectivity index (χ1n) is 15.3. The van der Waals surface area contributed by atoms with Crippen LogP contribution in [0.15, 0.2) is 36.4 Å². The number of carbonyl (C=O) groups is 3. The Labute approximate surface area is 264 Å². The van der Waals surface area contributed by atoms with E-state index >= 15 is 0 Å². The Morgan fingerprint density at radius 3 is 2.36 bits per heavy atom. The standard InChI is InChI=1S/C32H44N8O3S/c1-6-34-30(42)24(18-33)32-40(7-2)31(43)29(44-32)23(5)19-35-25-12-9-13-26(36-25)37-27(41)20-38-14-16-39(17-15-38)28-21(3)10-8-11-22(28)4/h8-13,23-24,29,32H,6-7,14-17,19-20H2,1-5H3,(H,34,42)(H2,35,36,37,41)/t23?,24-,29?,32?/m1/s1. The van der Waals surface area contributed by atoms with Crippen LogP contribution in [0.5, 0.6) is 0 Å². The third-order valence-electron chi connectivity index (χ3n) is 8.15. The van der Waals surface area contributed by atoms with Gasteiger partial charge in [0.2, 0.25) is 17.7 Å². The monoisotopic (exact) mass is 620 g/mol. The van der Waals surface area contributed by atoms with Gasteiger partial charge in [-0.25, -0.2) is 4.98 Å². The summed E-state index contributed by atoms with van der Waals surface area (Å²) in [5, 5.41) is 17.7. The van der Waals surface area contributed by atoms with E-state index in [-0.39, 0.29) is 23.6 Å². The number of anilines is 3. The number of pyridine rings is 1. The van der Waals surface area contributed by atoms with E-state index in [4.69, 9.17) is 0 Å². The third kappa shape index (κ3) is 7.81. The minimum absolute atomic E-state index is 0.0646. The van der Waals surface area contributed by atoms with Gasteiger partial charge in [-0.05, 0) is 56.9 Å². The molecular formula is C32H44N8O3S. The zero-order valence-corrected chi connectivity index (χ0v) is 27.1. The Bertz CT molecular complexity index is 1350. The van der Waals surface area contributed by atoms with Gasteiger partial charge < -0.3 is 25.8 Å². The molecule has 2 aliphatic heterocycles. The highest BCUT2D eigenvalue weighted by Crippen LogP contribution is 2.39. The molecule has 2 aliphatic rings. The molecule has 1 aromatic heterocycles. The maximum absolute atomic E-state index is 13.2. The van der Waals surface area contributed by atoms with Crippen molar-refractivity contribution in [2.75, 3.05) is 67.9 Å². The van der Waals surface area contributed by atoms with Gasteiger partial charge in [-0.1, -0.05) is 31.2 Å². The number of amides is 3. The van der Waals surface area contributed by atoms with Crippen LogP contribution in [-0.2, 0) is 14.4 Å². The van der Waals surface area contributed by atoms with Crippen molar-refractivity contribution >= 4 is 46.8 Å². The molecular weight excluding hydrogens is 576 g/mol.